The molecule has 2 aliphatic carbocycles. The zero-order valence-electron chi connectivity index (χ0n) is 6.16. The van der Waals surface area contributed by atoms with Crippen LogP contribution in [0.1, 0.15) is 32.6 Å². The molecule has 0 nitrogen and oxygen atoms in total. The Kier molecular flexibility index (Phi) is 1.01. The first-order chi connectivity index (χ1) is 4.56. The standard InChI is InChI=1S/C8H12F2/c1-6-2-3-7(4-6)5-8(7,9)10/h6H,2-5H2,1H3. The van der Waals surface area contributed by atoms with Crippen LogP contribution in [0.4, 0.5) is 8.78 Å². The second kappa shape index (κ2) is 1.54. The zero-order chi connectivity index (χ0) is 7.41. The first kappa shape index (κ1) is 6.56. The van der Waals surface area contributed by atoms with Gasteiger partial charge in [0.05, 0.1) is 0 Å². The molecule has 10 heavy (non-hydrogen) atoms. The molecule has 2 fully saturated rings. The average Bonchev–Trinajstić information content (AvgIpc) is 2.20. The molecule has 2 rings (SSSR count). The van der Waals surface area contributed by atoms with E-state index < -0.39 is 11.3 Å². The van der Waals surface area contributed by atoms with Gasteiger partial charge in [0.1, 0.15) is 0 Å². The summed E-state index contributed by atoms with van der Waals surface area (Å²) in [6, 6.07) is 0. The molecule has 0 saturated heterocycles. The van der Waals surface area contributed by atoms with Gasteiger partial charge in [-0.15, -0.1) is 0 Å². The first-order valence-corrected chi connectivity index (χ1v) is 3.94. The van der Waals surface area contributed by atoms with Crippen molar-refractivity contribution < 1.29 is 8.78 Å². The third kappa shape index (κ3) is 0.650. The minimum Gasteiger partial charge on any atom is -0.206 e. The summed E-state index contributed by atoms with van der Waals surface area (Å²) in [5, 5.41) is 0. The lowest BCUT2D eigenvalue weighted by Gasteiger charge is -2.05. The molecular weight excluding hydrogens is 134 g/mol. The number of rotatable bonds is 0. The maximum absolute atomic E-state index is 12.7. The Bertz CT molecular complexity index is 165. The minimum absolute atomic E-state index is 0.171. The molecule has 0 aliphatic heterocycles. The lowest BCUT2D eigenvalue weighted by molar-refractivity contribution is 0.0647. The molecule has 0 amide bonds. The fourth-order valence-electron chi connectivity index (χ4n) is 2.27. The van der Waals surface area contributed by atoms with Gasteiger partial charge in [-0.3, -0.25) is 0 Å². The second-order valence-electron chi connectivity index (χ2n) is 4.01. The van der Waals surface area contributed by atoms with Crippen molar-refractivity contribution in [3.63, 3.8) is 0 Å². The van der Waals surface area contributed by atoms with Crippen LogP contribution in [-0.2, 0) is 0 Å². The molecule has 0 aromatic heterocycles. The van der Waals surface area contributed by atoms with Crippen molar-refractivity contribution in [3.05, 3.63) is 0 Å². The third-order valence-corrected chi connectivity index (χ3v) is 3.07. The molecule has 2 heteroatoms. The van der Waals surface area contributed by atoms with Crippen molar-refractivity contribution in [1.29, 1.82) is 0 Å². The smallest absolute Gasteiger partial charge is 0.206 e. The van der Waals surface area contributed by atoms with Crippen LogP contribution in [0.3, 0.4) is 0 Å². The van der Waals surface area contributed by atoms with Crippen LogP contribution < -0.4 is 0 Å². The monoisotopic (exact) mass is 146 g/mol. The summed E-state index contributed by atoms with van der Waals surface area (Å²) < 4.78 is 25.3. The number of hydrogen-bond acceptors (Lipinski definition) is 0. The number of alkyl halides is 2. The largest absolute Gasteiger partial charge is 0.254 e. The van der Waals surface area contributed by atoms with Gasteiger partial charge in [-0.1, -0.05) is 6.92 Å². The second-order valence-corrected chi connectivity index (χ2v) is 4.01. The first-order valence-electron chi connectivity index (χ1n) is 3.94. The van der Waals surface area contributed by atoms with E-state index in [1.54, 1.807) is 0 Å². The van der Waals surface area contributed by atoms with Crippen LogP contribution in [0.2, 0.25) is 0 Å². The molecule has 0 aromatic rings. The highest BCUT2D eigenvalue weighted by molar-refractivity contribution is 5.12. The number of hydrogen-bond donors (Lipinski definition) is 0. The van der Waals surface area contributed by atoms with E-state index in [0.29, 0.717) is 5.92 Å². The van der Waals surface area contributed by atoms with Crippen molar-refractivity contribution in [2.24, 2.45) is 11.3 Å². The number of halogens is 2. The fourth-order valence-corrected chi connectivity index (χ4v) is 2.27. The molecular formula is C8H12F2. The van der Waals surface area contributed by atoms with Crippen LogP contribution in [0.25, 0.3) is 0 Å². The van der Waals surface area contributed by atoms with E-state index in [4.69, 9.17) is 0 Å². The quantitative estimate of drug-likeness (QED) is 0.493. The highest BCUT2D eigenvalue weighted by Gasteiger charge is 2.71. The lowest BCUT2D eigenvalue weighted by Crippen LogP contribution is -2.05. The fraction of sp³-hybridized carbons (Fsp3) is 1.00. The Morgan fingerprint density at radius 2 is 2.00 bits per heavy atom. The SMILES string of the molecule is CC1CCC2(C1)CC2(F)F. The lowest BCUT2D eigenvalue weighted by atomic mass is 10.0. The molecule has 58 valence electrons. The molecule has 2 atom stereocenters. The molecule has 0 bridgehead atoms. The molecule has 2 unspecified atom stereocenters. The summed E-state index contributed by atoms with van der Waals surface area (Å²) in [6.07, 6.45) is 2.71. The highest BCUT2D eigenvalue weighted by Crippen LogP contribution is 2.69. The highest BCUT2D eigenvalue weighted by atomic mass is 19.3. The molecule has 0 heterocycles. The van der Waals surface area contributed by atoms with Gasteiger partial charge >= 0.3 is 0 Å². The van der Waals surface area contributed by atoms with Gasteiger partial charge in [0, 0.05) is 11.8 Å². The summed E-state index contributed by atoms with van der Waals surface area (Å²) in [6.45, 7) is 2.07. The van der Waals surface area contributed by atoms with Gasteiger partial charge in [0.15, 0.2) is 0 Å². The van der Waals surface area contributed by atoms with E-state index >= 15 is 0 Å². The Hall–Kier alpha value is -0.140. The van der Waals surface area contributed by atoms with Crippen LogP contribution in [0, 0.1) is 11.3 Å². The van der Waals surface area contributed by atoms with E-state index in [1.807, 2.05) is 0 Å². The van der Waals surface area contributed by atoms with Crippen molar-refractivity contribution in [1.82, 2.24) is 0 Å². The summed E-state index contributed by atoms with van der Waals surface area (Å²) >= 11 is 0. The Labute approximate surface area is 59.6 Å². The zero-order valence-corrected chi connectivity index (χ0v) is 6.16. The van der Waals surface area contributed by atoms with E-state index in [1.165, 1.54) is 0 Å². The van der Waals surface area contributed by atoms with E-state index in [9.17, 15) is 8.78 Å². The molecule has 1 spiro atoms. The normalized spacial score (nSPS) is 50.1. The van der Waals surface area contributed by atoms with E-state index in [-0.39, 0.29) is 6.42 Å². The molecule has 2 saturated carbocycles. The van der Waals surface area contributed by atoms with Gasteiger partial charge in [-0.25, -0.2) is 8.78 Å². The van der Waals surface area contributed by atoms with Crippen LogP contribution in [0.5, 0.6) is 0 Å². The van der Waals surface area contributed by atoms with Gasteiger partial charge in [0.2, 0.25) is 0 Å². The predicted octanol–water partition coefficient (Wildman–Crippen LogP) is 2.83. The topological polar surface area (TPSA) is 0 Å². The summed E-state index contributed by atoms with van der Waals surface area (Å²) in [5.41, 5.74) is -0.521. The molecule has 0 aromatic carbocycles. The summed E-state index contributed by atoms with van der Waals surface area (Å²) in [7, 11) is 0. The average molecular weight is 146 g/mol. The van der Waals surface area contributed by atoms with Crippen molar-refractivity contribution in [2.45, 2.75) is 38.5 Å². The predicted molar refractivity (Wildman–Crippen MR) is 35.0 cm³/mol. The maximum atomic E-state index is 12.7. The summed E-state index contributed by atoms with van der Waals surface area (Å²) in [4.78, 5) is 0. The van der Waals surface area contributed by atoms with Crippen LogP contribution >= 0.6 is 0 Å². The Balaban J connectivity index is 2.09. The van der Waals surface area contributed by atoms with Gasteiger partial charge in [-0.2, -0.15) is 0 Å². The summed E-state index contributed by atoms with van der Waals surface area (Å²) in [5.74, 6) is -1.76. The third-order valence-electron chi connectivity index (χ3n) is 3.07. The van der Waals surface area contributed by atoms with Crippen molar-refractivity contribution >= 4 is 0 Å². The molecule has 0 N–H and O–H groups in total. The van der Waals surface area contributed by atoms with Gasteiger partial charge in [0.25, 0.3) is 5.92 Å². The van der Waals surface area contributed by atoms with Crippen molar-refractivity contribution in [3.8, 4) is 0 Å². The van der Waals surface area contributed by atoms with Crippen LogP contribution in [-0.4, -0.2) is 5.92 Å². The minimum atomic E-state index is -2.29. The van der Waals surface area contributed by atoms with E-state index in [0.717, 1.165) is 19.3 Å². The Morgan fingerprint density at radius 1 is 1.40 bits per heavy atom. The van der Waals surface area contributed by atoms with E-state index in [2.05, 4.69) is 6.92 Å². The van der Waals surface area contributed by atoms with Gasteiger partial charge < -0.3 is 0 Å². The Morgan fingerprint density at radius 3 is 2.20 bits per heavy atom. The van der Waals surface area contributed by atoms with Crippen molar-refractivity contribution in [2.75, 3.05) is 0 Å². The molecule has 2 aliphatic rings. The maximum Gasteiger partial charge on any atom is 0.254 e. The van der Waals surface area contributed by atoms with Gasteiger partial charge in [-0.05, 0) is 25.2 Å². The molecule has 0 radical (unpaired) electrons. The van der Waals surface area contributed by atoms with Crippen LogP contribution in [0.15, 0.2) is 0 Å².